The summed E-state index contributed by atoms with van der Waals surface area (Å²) in [6.07, 6.45) is 0. The zero-order valence-corrected chi connectivity index (χ0v) is 4.75. The molecule has 0 aliphatic carbocycles. The molecule has 0 rings (SSSR count). The van der Waals surface area contributed by atoms with E-state index in [1.807, 2.05) is 0 Å². The summed E-state index contributed by atoms with van der Waals surface area (Å²) in [6.45, 7) is 0. The molecular weight excluding hydrogens is 253 g/mol. The van der Waals surface area contributed by atoms with Crippen LogP contribution < -0.4 is 0 Å². The van der Waals surface area contributed by atoms with Gasteiger partial charge in [0.2, 0.25) is 0 Å². The van der Waals surface area contributed by atoms with E-state index in [2.05, 4.69) is 0 Å². The second-order valence-electron chi connectivity index (χ2n) is 0.513. The summed E-state index contributed by atoms with van der Waals surface area (Å²) in [4.78, 5) is 0. The molecule has 0 aromatic heterocycles. The third kappa shape index (κ3) is 62.5. The first kappa shape index (κ1) is 16.1. The Bertz CT molecular complexity index is 57.8. The Morgan fingerprint density at radius 2 is 1.14 bits per heavy atom. The molecule has 0 amide bonds. The minimum absolute atomic E-state index is 0. The van der Waals surface area contributed by atoms with Crippen LogP contribution in [0.4, 0.5) is 0 Å². The molecule has 7 heavy (non-hydrogen) atoms. The first-order chi connectivity index (χ1) is 2.00. The average molecular weight is 261 g/mol. The van der Waals surface area contributed by atoms with Gasteiger partial charge in [0.15, 0.2) is 17.4 Å². The minimum atomic E-state index is -5.35. The Morgan fingerprint density at radius 1 is 1.14 bits per heavy atom. The van der Waals surface area contributed by atoms with Gasteiger partial charge < -0.3 is 0 Å². The van der Waals surface area contributed by atoms with Crippen LogP contribution in [-0.4, -0.2) is 85.3 Å². The van der Waals surface area contributed by atoms with E-state index in [-0.39, 0.29) is 55.1 Å². The van der Waals surface area contributed by atoms with Crippen molar-refractivity contribution in [1.29, 1.82) is 0 Å². The second-order valence-corrected chi connectivity index (χ2v) is 3.44. The third-order valence-corrected chi connectivity index (χ3v) is 0. The van der Waals surface area contributed by atoms with Crippen molar-refractivity contribution in [2.45, 2.75) is 0 Å². The third-order valence-electron chi connectivity index (χ3n) is 0. The van der Waals surface area contributed by atoms with Crippen molar-refractivity contribution in [2.75, 3.05) is 0 Å². The number of hydrogen-bond donors (Lipinski definition) is 3. The van der Waals surface area contributed by atoms with E-state index < -0.39 is 20.1 Å². The van der Waals surface area contributed by atoms with Gasteiger partial charge in [0.25, 0.3) is 0 Å². The molecule has 3 N–H and O–H groups in total. The van der Waals surface area contributed by atoms with Gasteiger partial charge in [0, 0.05) is 0 Å². The van der Waals surface area contributed by atoms with E-state index in [0.717, 1.165) is 0 Å². The monoisotopic (exact) mass is 260 g/mol. The van der Waals surface area contributed by atoms with Crippen LogP contribution in [0.1, 0.15) is 0 Å². The molecule has 0 aliphatic rings. The van der Waals surface area contributed by atoms with Crippen molar-refractivity contribution in [2.24, 2.45) is 0 Å². The topological polar surface area (TPSA) is 77.8 Å². The van der Waals surface area contributed by atoms with Crippen molar-refractivity contribution < 1.29 is 13.2 Å². The van der Waals surface area contributed by atoms with Crippen LogP contribution in [0.15, 0.2) is 0 Å². The zero-order chi connectivity index (χ0) is 4.50. The molecule has 7 heteroatoms. The summed E-state index contributed by atoms with van der Waals surface area (Å²) in [5.74, 6) is 0. The average Bonchev–Trinajstić information content (AvgIpc) is 0.722. The van der Waals surface area contributed by atoms with E-state index in [1.165, 1.54) is 0 Å². The SMILES string of the molecule is [AlH3].[CaH2].[O]=[Sb]([OH])([OH])[OH]. The van der Waals surface area contributed by atoms with E-state index in [4.69, 9.17) is 13.2 Å². The fourth-order valence-corrected chi connectivity index (χ4v) is 0. The maximum atomic E-state index is 8.97. The zero-order valence-electron chi connectivity index (χ0n) is 2.20. The summed E-state index contributed by atoms with van der Waals surface area (Å²) in [5.41, 5.74) is 0. The predicted octanol–water partition coefficient (Wildman–Crippen LogP) is -4.27. The maximum absolute atomic E-state index is 8.97. The van der Waals surface area contributed by atoms with Crippen LogP contribution in [0, 0.1) is 0 Å². The van der Waals surface area contributed by atoms with Crippen LogP contribution in [0.3, 0.4) is 0 Å². The first-order valence-corrected chi connectivity index (χ1v) is 5.25. The fourth-order valence-electron chi connectivity index (χ4n) is 0. The summed E-state index contributed by atoms with van der Waals surface area (Å²) >= 11 is -5.35. The van der Waals surface area contributed by atoms with Gasteiger partial charge in [-0.05, 0) is 0 Å². The molecule has 0 aromatic rings. The quantitative estimate of drug-likeness (QED) is 0.386. The molecule has 0 unspecified atom stereocenters. The number of hydrogen-bond acceptors (Lipinski definition) is 1. The Morgan fingerprint density at radius 3 is 1.14 bits per heavy atom. The molecule has 0 aliphatic heterocycles. The van der Waals surface area contributed by atoms with Gasteiger partial charge >= 0.3 is 71.0 Å². The number of rotatable bonds is 0. The molecule has 0 radical (unpaired) electrons. The van der Waals surface area contributed by atoms with E-state index in [1.54, 1.807) is 0 Å². The summed E-state index contributed by atoms with van der Waals surface area (Å²) < 4.78 is 30.8. The van der Waals surface area contributed by atoms with Crippen molar-refractivity contribution in [1.82, 2.24) is 0 Å². The molecule has 0 bridgehead atoms. The van der Waals surface area contributed by atoms with Gasteiger partial charge in [0.05, 0.1) is 0 Å². The fraction of sp³-hybridized carbons (Fsp3) is 0. The Labute approximate surface area is 86.7 Å². The normalized spacial score (nSPS) is 8.43. The molecule has 0 atom stereocenters. The van der Waals surface area contributed by atoms with Gasteiger partial charge in [-0.15, -0.1) is 0 Å². The van der Waals surface area contributed by atoms with Crippen molar-refractivity contribution in [3.8, 4) is 0 Å². The molecule has 0 saturated heterocycles. The molecule has 0 saturated carbocycles. The van der Waals surface area contributed by atoms with Gasteiger partial charge in [-0.1, -0.05) is 0 Å². The standard InChI is InChI=1S/Al.Ca.3H2O.O.Sb.5H/h;;3*1H2;;;;;;;/q;;;;;;+3;;;;;/p-3. The van der Waals surface area contributed by atoms with Gasteiger partial charge in [-0.2, -0.15) is 0 Å². The van der Waals surface area contributed by atoms with E-state index in [0.29, 0.717) is 0 Å². The summed E-state index contributed by atoms with van der Waals surface area (Å²) in [5, 5.41) is 0. The van der Waals surface area contributed by atoms with Crippen molar-refractivity contribution in [3.05, 3.63) is 0 Å². The van der Waals surface area contributed by atoms with Crippen LogP contribution in [0.2, 0.25) is 0 Å². The van der Waals surface area contributed by atoms with Crippen molar-refractivity contribution >= 4 is 75.2 Å². The first-order valence-electron chi connectivity index (χ1n) is 0.783. The molecule has 0 aromatic carbocycles. The molecule has 0 spiro atoms. The summed E-state index contributed by atoms with van der Waals surface area (Å²) in [7, 11) is 0. The predicted molar refractivity (Wildman–Crippen MR) is 31.6 cm³/mol. The van der Waals surface area contributed by atoms with E-state index >= 15 is 0 Å². The van der Waals surface area contributed by atoms with Gasteiger partial charge in [-0.3, -0.25) is 0 Å². The Balaban J connectivity index is -0.0000000800. The Kier molecular flexibility index (Phi) is 14.8. The van der Waals surface area contributed by atoms with Gasteiger partial charge in [-0.25, -0.2) is 0 Å². The van der Waals surface area contributed by atoms with Crippen LogP contribution in [0.5, 0.6) is 0 Å². The van der Waals surface area contributed by atoms with Crippen LogP contribution in [0.25, 0.3) is 0 Å². The summed E-state index contributed by atoms with van der Waals surface area (Å²) in [6, 6.07) is 0. The molecule has 0 heterocycles. The van der Waals surface area contributed by atoms with Gasteiger partial charge in [0.1, 0.15) is 0 Å². The second kappa shape index (κ2) is 6.41. The molecule has 0 fully saturated rings. The molecular formula is H8AlCaO4Sb. The Hall–Kier alpha value is 2.29. The van der Waals surface area contributed by atoms with Crippen LogP contribution >= 0.6 is 0 Å². The molecule has 4 nitrogen and oxygen atoms in total. The molecule has 42 valence electrons. The van der Waals surface area contributed by atoms with Crippen molar-refractivity contribution in [3.63, 3.8) is 0 Å². The van der Waals surface area contributed by atoms with Crippen LogP contribution in [-0.2, 0) is 3.02 Å². The van der Waals surface area contributed by atoms with E-state index in [9.17, 15) is 0 Å².